The van der Waals surface area contributed by atoms with E-state index < -0.39 is 119 Å². The summed E-state index contributed by atoms with van der Waals surface area (Å²) in [6.45, 7) is 9.04. The number of hydrogen-bond donors (Lipinski definition) is 4. The Morgan fingerprint density at radius 3 is 2.00 bits per heavy atom. The predicted molar refractivity (Wildman–Crippen MR) is 279 cm³/mol. The van der Waals surface area contributed by atoms with Crippen LogP contribution in [0.15, 0.2) is 102 Å². The van der Waals surface area contributed by atoms with Crippen molar-refractivity contribution in [2.24, 2.45) is 16.7 Å². The van der Waals surface area contributed by atoms with Crippen LogP contribution in [0.25, 0.3) is 0 Å². The van der Waals surface area contributed by atoms with Crippen molar-refractivity contribution in [2.45, 2.75) is 134 Å². The Morgan fingerprint density at radius 1 is 0.818 bits per heavy atom. The van der Waals surface area contributed by atoms with Gasteiger partial charge in [0.2, 0.25) is 12.0 Å². The van der Waals surface area contributed by atoms with Crippen LogP contribution in [0, 0.1) is 16.7 Å². The van der Waals surface area contributed by atoms with E-state index in [9.17, 15) is 39.0 Å². The topological polar surface area (TPSA) is 260 Å². The highest BCUT2D eigenvalue weighted by molar-refractivity contribution is 5.96. The number of amides is 2. The maximum atomic E-state index is 15.8. The highest BCUT2D eigenvalue weighted by Crippen LogP contribution is 2.64. The van der Waals surface area contributed by atoms with E-state index in [0.29, 0.717) is 18.5 Å². The van der Waals surface area contributed by atoms with Crippen molar-refractivity contribution < 1.29 is 77.0 Å². The summed E-state index contributed by atoms with van der Waals surface area (Å²) in [7, 11) is 3.84. The number of benzene rings is 3. The zero-order valence-corrected chi connectivity index (χ0v) is 45.4. The molecule has 1 aliphatic heterocycles. The summed E-state index contributed by atoms with van der Waals surface area (Å²) in [5, 5.41) is 31.9. The van der Waals surface area contributed by atoms with Crippen LogP contribution < -0.4 is 10.6 Å². The number of Topliss-reactive ketones (excluding diaryl/α,β-unsaturated/α-hetero) is 1. The van der Waals surface area contributed by atoms with Gasteiger partial charge in [0, 0.05) is 57.1 Å². The first kappa shape index (κ1) is 59.7. The van der Waals surface area contributed by atoms with Gasteiger partial charge in [-0.25, -0.2) is 9.59 Å². The minimum atomic E-state index is -2.48. The Kier molecular flexibility index (Phi) is 19.0. The van der Waals surface area contributed by atoms with Crippen molar-refractivity contribution in [3.05, 3.63) is 119 Å². The molecule has 3 aliphatic carbocycles. The summed E-state index contributed by atoms with van der Waals surface area (Å²) in [6, 6.07) is 22.7. The minimum Gasteiger partial charge on any atom is -0.455 e. The maximum Gasteiger partial charge on any atom is 0.350 e. The van der Waals surface area contributed by atoms with Gasteiger partial charge in [0.15, 0.2) is 17.5 Å². The fraction of sp³-hybridized carbons (Fsp3) is 0.509. The molecule has 77 heavy (non-hydrogen) atoms. The molecule has 416 valence electrons. The SMILES string of the molecule is CC(=O)O[C@H]1C(=O)[C@@]2(C)C(C(OC(=O)c3ccccc3)[C@]3(O)CC(OC(=O)C(OC(=O)CCCC(=O)NCCCN(C)C)C(NC(=O)c4ccccc4)c4ccccc4)C(C)=C1C3(C)C)C1(OC(C)=O)COC1C[C@@H]2O.Cl. The molecule has 2 saturated carbocycles. The first-order valence-corrected chi connectivity index (χ1v) is 25.6. The first-order valence-electron chi connectivity index (χ1n) is 25.6. The molecule has 0 aromatic heterocycles. The second-order valence-corrected chi connectivity index (χ2v) is 21.2. The molecular formula is C57H70ClN3O16. The molecule has 2 amide bonds. The zero-order valence-electron chi connectivity index (χ0n) is 44.6. The van der Waals surface area contributed by atoms with Crippen LogP contribution in [0.1, 0.15) is 112 Å². The fourth-order valence-electron chi connectivity index (χ4n) is 11.6. The van der Waals surface area contributed by atoms with E-state index in [1.807, 2.05) is 19.0 Å². The number of aliphatic hydroxyl groups is 2. The van der Waals surface area contributed by atoms with Crippen LogP contribution in [0.5, 0.6) is 0 Å². The van der Waals surface area contributed by atoms with Gasteiger partial charge in [0.05, 0.1) is 29.6 Å². The van der Waals surface area contributed by atoms with Crippen molar-refractivity contribution >= 4 is 59.9 Å². The van der Waals surface area contributed by atoms with Crippen molar-refractivity contribution in [3.63, 3.8) is 0 Å². The lowest BCUT2D eigenvalue weighted by Crippen LogP contribution is -2.82. The van der Waals surface area contributed by atoms with Gasteiger partial charge in [0.25, 0.3) is 5.91 Å². The molecule has 0 spiro atoms. The van der Waals surface area contributed by atoms with E-state index in [0.717, 1.165) is 20.4 Å². The number of nitrogens with one attached hydrogen (secondary N) is 2. The van der Waals surface area contributed by atoms with Gasteiger partial charge < -0.3 is 54.2 Å². The number of hydrogen-bond acceptors (Lipinski definition) is 17. The molecule has 1 heterocycles. The predicted octanol–water partition coefficient (Wildman–Crippen LogP) is 4.95. The van der Waals surface area contributed by atoms with E-state index in [2.05, 4.69) is 10.6 Å². The molecule has 19 nitrogen and oxygen atoms in total. The van der Waals surface area contributed by atoms with Crippen LogP contribution in [-0.2, 0) is 57.2 Å². The van der Waals surface area contributed by atoms with Gasteiger partial charge in [-0.2, -0.15) is 0 Å². The molecule has 20 heteroatoms. The lowest BCUT2D eigenvalue weighted by molar-refractivity contribution is -0.346. The maximum absolute atomic E-state index is 15.8. The molecule has 1 saturated heterocycles. The molecule has 4 N–H and O–H groups in total. The molecule has 11 atom stereocenters. The number of fused-ring (bicyclic) bond motifs is 5. The van der Waals surface area contributed by atoms with Crippen LogP contribution >= 0.6 is 12.4 Å². The van der Waals surface area contributed by atoms with Crippen molar-refractivity contribution in [2.75, 3.05) is 33.8 Å². The van der Waals surface area contributed by atoms with Crippen LogP contribution in [0.2, 0.25) is 0 Å². The Hall–Kier alpha value is -6.51. The smallest absolute Gasteiger partial charge is 0.350 e. The van der Waals surface area contributed by atoms with Crippen molar-refractivity contribution in [1.29, 1.82) is 0 Å². The molecule has 2 bridgehead atoms. The summed E-state index contributed by atoms with van der Waals surface area (Å²) < 4.78 is 36.9. The number of rotatable bonds is 19. The van der Waals surface area contributed by atoms with Gasteiger partial charge in [-0.15, -0.1) is 12.4 Å². The number of halogens is 1. The minimum absolute atomic E-state index is 0. The summed E-state index contributed by atoms with van der Waals surface area (Å²) in [4.78, 5) is 115. The number of carbonyl (C=O) groups excluding carboxylic acids is 8. The Morgan fingerprint density at radius 2 is 1.43 bits per heavy atom. The zero-order chi connectivity index (χ0) is 55.3. The summed E-state index contributed by atoms with van der Waals surface area (Å²) in [5.74, 6) is -8.30. The van der Waals surface area contributed by atoms with Crippen molar-refractivity contribution in [3.8, 4) is 0 Å². The van der Waals surface area contributed by atoms with E-state index in [4.69, 9.17) is 28.4 Å². The summed E-state index contributed by atoms with van der Waals surface area (Å²) in [6.07, 6.45) is -10.5. The van der Waals surface area contributed by atoms with Gasteiger partial charge in [-0.05, 0) is 88.3 Å². The van der Waals surface area contributed by atoms with Crippen LogP contribution in [0.3, 0.4) is 0 Å². The standard InChI is InChI=1S/C57H69N3O16.ClH/c1-33-39(73-53(69)47(74-43(65)27-18-26-42(64)58-28-19-29-60(7)8)45(36-20-12-9-13-21-36)59-51(67)37-22-14-10-15-23-37)31-57(70)50(75-52(68)38-24-16-11-17-25-38)48-55(6,40(63)30-41-56(48,32-71-41)76-35(3)62)49(66)46(72-34(2)61)44(33)54(57,4)5;/h9-17,20-25,39-41,45-48,50,63,70H,18-19,26-32H2,1-8H3,(H,58,64)(H,59,67);1H/t39?,40-,41?,45?,46+,47?,48?,50?,55+,56?,57+;/m0./s1. The van der Waals surface area contributed by atoms with Crippen LogP contribution in [0.4, 0.5) is 0 Å². The molecule has 0 radical (unpaired) electrons. The number of ketones is 1. The molecule has 3 aromatic rings. The third kappa shape index (κ3) is 12.1. The normalized spacial score (nSPS) is 27.7. The average Bonchev–Trinajstić information content (AvgIpc) is 3.48. The number of ether oxygens (including phenoxy) is 6. The van der Waals surface area contributed by atoms with E-state index in [1.54, 1.807) is 92.7 Å². The quantitative estimate of drug-likeness (QED) is 0.0536. The molecule has 4 aliphatic rings. The van der Waals surface area contributed by atoms with Gasteiger partial charge in [-0.1, -0.05) is 80.6 Å². The second-order valence-electron chi connectivity index (χ2n) is 21.2. The number of aliphatic hydroxyl groups excluding tert-OH is 1. The number of esters is 5. The van der Waals surface area contributed by atoms with E-state index >= 15 is 9.59 Å². The third-order valence-electron chi connectivity index (χ3n) is 15.6. The van der Waals surface area contributed by atoms with Gasteiger partial charge >= 0.3 is 29.8 Å². The average molecular weight is 1090 g/mol. The van der Waals surface area contributed by atoms with E-state index in [1.165, 1.54) is 26.0 Å². The van der Waals surface area contributed by atoms with Gasteiger partial charge in [-0.3, -0.25) is 28.8 Å². The molecule has 3 aromatic carbocycles. The molecular weight excluding hydrogens is 1020 g/mol. The Balaban J connectivity index is 0.00000961. The highest BCUT2D eigenvalue weighted by Gasteiger charge is 2.78. The Bertz CT molecular complexity index is 2700. The summed E-state index contributed by atoms with van der Waals surface area (Å²) in [5.41, 5.74) is -7.53. The number of nitrogens with zero attached hydrogens (tertiary/aromatic N) is 1. The number of carbonyl (C=O) groups is 8. The summed E-state index contributed by atoms with van der Waals surface area (Å²) >= 11 is 0. The first-order chi connectivity index (χ1) is 36.0. The Labute approximate surface area is 454 Å². The lowest BCUT2D eigenvalue weighted by Gasteiger charge is -2.67. The van der Waals surface area contributed by atoms with Gasteiger partial charge in [0.1, 0.15) is 30.0 Å². The van der Waals surface area contributed by atoms with Crippen LogP contribution in [-0.4, -0.2) is 144 Å². The van der Waals surface area contributed by atoms with E-state index in [-0.39, 0.29) is 72.9 Å². The highest BCUT2D eigenvalue weighted by atomic mass is 35.5. The largest absolute Gasteiger partial charge is 0.455 e. The molecule has 7 rings (SSSR count). The van der Waals surface area contributed by atoms with Crippen molar-refractivity contribution in [1.82, 2.24) is 15.5 Å². The monoisotopic (exact) mass is 1090 g/mol. The molecule has 3 fully saturated rings. The lowest BCUT2D eigenvalue weighted by atomic mass is 9.44. The second kappa shape index (κ2) is 24.4. The molecule has 7 unspecified atom stereocenters. The third-order valence-corrected chi connectivity index (χ3v) is 15.6. The fourth-order valence-corrected chi connectivity index (χ4v) is 11.6.